The summed E-state index contributed by atoms with van der Waals surface area (Å²) >= 11 is 0. The number of rotatable bonds is 5. The maximum absolute atomic E-state index is 2.30. The van der Waals surface area contributed by atoms with Gasteiger partial charge in [0, 0.05) is 0 Å². The quantitative estimate of drug-likeness (QED) is 0.376. The van der Waals surface area contributed by atoms with Gasteiger partial charge in [-0.25, -0.2) is 0 Å². The molecule has 0 aromatic heterocycles. The first kappa shape index (κ1) is 16.4. The summed E-state index contributed by atoms with van der Waals surface area (Å²) < 4.78 is 0. The van der Waals surface area contributed by atoms with Crippen LogP contribution in [-0.2, 0) is 6.42 Å². The van der Waals surface area contributed by atoms with E-state index in [4.69, 9.17) is 0 Å². The Kier molecular flexibility index (Phi) is 4.93. The lowest BCUT2D eigenvalue weighted by Gasteiger charge is -2.16. The maximum Gasteiger partial charge on any atom is -0.00492 e. The molecule has 4 aromatic carbocycles. The number of hydrogen-bond acceptors (Lipinski definition) is 0. The molecule has 0 spiro atoms. The van der Waals surface area contributed by atoms with Crippen LogP contribution in [0.1, 0.15) is 11.1 Å². The summed E-state index contributed by atoms with van der Waals surface area (Å²) in [6.45, 7) is 0. The summed E-state index contributed by atoms with van der Waals surface area (Å²) in [4.78, 5) is 0. The molecule has 4 rings (SSSR count). The largest absolute Gasteiger partial charge is 0.0622 e. The second-order valence-corrected chi connectivity index (χ2v) is 6.39. The molecular weight excluding hydrogens is 312 g/mol. The van der Waals surface area contributed by atoms with E-state index in [0.29, 0.717) is 0 Å². The SMILES string of the molecule is [CH](Cc1cccc(-c2ccccc2)c1-c1ccccc1)c1ccccc1. The first-order chi connectivity index (χ1) is 12.9. The van der Waals surface area contributed by atoms with Crippen molar-refractivity contribution < 1.29 is 0 Å². The van der Waals surface area contributed by atoms with Gasteiger partial charge in [-0.3, -0.25) is 0 Å². The predicted octanol–water partition coefficient (Wildman–Crippen LogP) is 6.82. The summed E-state index contributed by atoms with van der Waals surface area (Å²) in [5, 5.41) is 0. The molecule has 0 fully saturated rings. The Labute approximate surface area is 155 Å². The monoisotopic (exact) mass is 333 g/mol. The average Bonchev–Trinajstić information content (AvgIpc) is 2.74. The lowest BCUT2D eigenvalue weighted by atomic mass is 9.88. The third-order valence-electron chi connectivity index (χ3n) is 4.66. The van der Waals surface area contributed by atoms with E-state index in [1.54, 1.807) is 0 Å². The molecule has 0 amide bonds. The van der Waals surface area contributed by atoms with Crippen molar-refractivity contribution in [2.45, 2.75) is 6.42 Å². The zero-order valence-corrected chi connectivity index (χ0v) is 14.7. The molecule has 0 aliphatic carbocycles. The third kappa shape index (κ3) is 3.60. The van der Waals surface area contributed by atoms with Crippen LogP contribution in [0.2, 0.25) is 0 Å². The molecular formula is C26H21. The van der Waals surface area contributed by atoms with E-state index in [-0.39, 0.29) is 0 Å². The van der Waals surface area contributed by atoms with Crippen molar-refractivity contribution in [3.8, 4) is 22.3 Å². The highest BCUT2D eigenvalue weighted by Gasteiger charge is 2.12. The van der Waals surface area contributed by atoms with E-state index < -0.39 is 0 Å². The van der Waals surface area contributed by atoms with Crippen molar-refractivity contribution in [2.75, 3.05) is 0 Å². The van der Waals surface area contributed by atoms with Crippen molar-refractivity contribution >= 4 is 0 Å². The summed E-state index contributed by atoms with van der Waals surface area (Å²) in [6.07, 6.45) is 3.21. The topological polar surface area (TPSA) is 0 Å². The Bertz CT molecular complexity index is 955. The van der Waals surface area contributed by atoms with E-state index in [1.807, 2.05) is 0 Å². The predicted molar refractivity (Wildman–Crippen MR) is 111 cm³/mol. The highest BCUT2D eigenvalue weighted by molar-refractivity contribution is 5.85. The van der Waals surface area contributed by atoms with Gasteiger partial charge in [0.2, 0.25) is 0 Å². The standard InChI is InChI=1S/C26H21/c1-4-11-21(12-5-1)19-20-24-17-10-18-25(22-13-6-2-7-14-22)26(24)23-15-8-3-9-16-23/h1-19H,20H2. The number of benzene rings is 4. The van der Waals surface area contributed by atoms with Crippen LogP contribution in [0.15, 0.2) is 109 Å². The summed E-state index contributed by atoms with van der Waals surface area (Å²) in [6, 6.07) is 38.5. The third-order valence-corrected chi connectivity index (χ3v) is 4.66. The van der Waals surface area contributed by atoms with E-state index >= 15 is 0 Å². The minimum absolute atomic E-state index is 0.912. The molecule has 0 bridgehead atoms. The van der Waals surface area contributed by atoms with Gasteiger partial charge in [0.25, 0.3) is 0 Å². The van der Waals surface area contributed by atoms with Crippen molar-refractivity contribution in [2.24, 2.45) is 0 Å². The Morgan fingerprint density at radius 3 is 1.73 bits per heavy atom. The van der Waals surface area contributed by atoms with Gasteiger partial charge in [0.1, 0.15) is 0 Å². The summed E-state index contributed by atoms with van der Waals surface area (Å²) in [7, 11) is 0. The smallest absolute Gasteiger partial charge is 0.00492 e. The average molecular weight is 333 g/mol. The molecule has 1 radical (unpaired) electrons. The van der Waals surface area contributed by atoms with Crippen molar-refractivity contribution in [1.82, 2.24) is 0 Å². The molecule has 0 N–H and O–H groups in total. The molecule has 0 unspecified atom stereocenters. The second-order valence-electron chi connectivity index (χ2n) is 6.39. The van der Waals surface area contributed by atoms with Gasteiger partial charge in [-0.1, -0.05) is 109 Å². The molecule has 0 saturated carbocycles. The molecule has 26 heavy (non-hydrogen) atoms. The molecule has 0 aliphatic rings. The molecule has 0 saturated heterocycles. The van der Waals surface area contributed by atoms with Gasteiger partial charge in [-0.2, -0.15) is 0 Å². The lowest BCUT2D eigenvalue weighted by molar-refractivity contribution is 1.17. The maximum atomic E-state index is 2.30. The molecule has 0 atom stereocenters. The van der Waals surface area contributed by atoms with Gasteiger partial charge in [0.05, 0.1) is 0 Å². The van der Waals surface area contributed by atoms with Gasteiger partial charge >= 0.3 is 0 Å². The van der Waals surface area contributed by atoms with Crippen LogP contribution in [-0.4, -0.2) is 0 Å². The molecule has 0 heterocycles. The van der Waals surface area contributed by atoms with Crippen LogP contribution in [0.5, 0.6) is 0 Å². The van der Waals surface area contributed by atoms with Crippen LogP contribution in [0.3, 0.4) is 0 Å². The highest BCUT2D eigenvalue weighted by atomic mass is 14.2. The van der Waals surface area contributed by atoms with E-state index in [1.165, 1.54) is 33.4 Å². The Morgan fingerprint density at radius 1 is 0.500 bits per heavy atom. The van der Waals surface area contributed by atoms with Gasteiger partial charge in [-0.15, -0.1) is 0 Å². The summed E-state index contributed by atoms with van der Waals surface area (Å²) in [5.41, 5.74) is 7.75. The second kappa shape index (κ2) is 7.84. The van der Waals surface area contributed by atoms with Crippen LogP contribution in [0.25, 0.3) is 22.3 Å². The highest BCUT2D eigenvalue weighted by Crippen LogP contribution is 2.35. The zero-order chi connectivity index (χ0) is 17.6. The normalized spacial score (nSPS) is 10.6. The minimum Gasteiger partial charge on any atom is -0.0622 e. The summed E-state index contributed by atoms with van der Waals surface area (Å²) in [5.74, 6) is 0. The van der Waals surface area contributed by atoms with Crippen molar-refractivity contribution in [3.63, 3.8) is 0 Å². The van der Waals surface area contributed by atoms with Crippen molar-refractivity contribution in [1.29, 1.82) is 0 Å². The molecule has 4 aromatic rings. The Balaban J connectivity index is 1.78. The number of hydrogen-bond donors (Lipinski definition) is 0. The minimum atomic E-state index is 0.912. The Hall–Kier alpha value is -3.12. The van der Waals surface area contributed by atoms with E-state index in [9.17, 15) is 0 Å². The Morgan fingerprint density at radius 2 is 1.08 bits per heavy atom. The van der Waals surface area contributed by atoms with Gasteiger partial charge < -0.3 is 0 Å². The fourth-order valence-electron chi connectivity index (χ4n) is 3.39. The fourth-order valence-corrected chi connectivity index (χ4v) is 3.39. The molecule has 0 nitrogen and oxygen atoms in total. The van der Waals surface area contributed by atoms with Gasteiger partial charge in [0.15, 0.2) is 0 Å². The van der Waals surface area contributed by atoms with Crippen LogP contribution in [0, 0.1) is 6.42 Å². The molecule has 125 valence electrons. The van der Waals surface area contributed by atoms with Gasteiger partial charge in [-0.05, 0) is 46.2 Å². The lowest BCUT2D eigenvalue weighted by Crippen LogP contribution is -1.95. The van der Waals surface area contributed by atoms with Crippen LogP contribution in [0.4, 0.5) is 0 Å². The molecule has 0 heteroatoms. The van der Waals surface area contributed by atoms with Crippen LogP contribution >= 0.6 is 0 Å². The first-order valence-electron chi connectivity index (χ1n) is 9.03. The van der Waals surface area contributed by atoms with E-state index in [0.717, 1.165) is 6.42 Å². The molecule has 0 aliphatic heterocycles. The van der Waals surface area contributed by atoms with Crippen LogP contribution < -0.4 is 0 Å². The first-order valence-corrected chi connectivity index (χ1v) is 9.03. The fraction of sp³-hybridized carbons (Fsp3) is 0.0385. The zero-order valence-electron chi connectivity index (χ0n) is 14.7. The van der Waals surface area contributed by atoms with Crippen molar-refractivity contribution in [3.05, 3.63) is 127 Å². The van der Waals surface area contributed by atoms with E-state index in [2.05, 4.69) is 116 Å².